The zero-order valence-corrected chi connectivity index (χ0v) is 9.39. The van der Waals surface area contributed by atoms with Gasteiger partial charge in [0.1, 0.15) is 5.82 Å². The first-order chi connectivity index (χ1) is 7.17. The van der Waals surface area contributed by atoms with Crippen LogP contribution in [0.5, 0.6) is 0 Å². The number of rotatable bonds is 5. The van der Waals surface area contributed by atoms with Crippen LogP contribution >= 0.6 is 11.6 Å². The Labute approximate surface area is 94.1 Å². The van der Waals surface area contributed by atoms with Crippen molar-refractivity contribution in [2.75, 3.05) is 6.61 Å². The maximum absolute atomic E-state index is 13.3. The lowest BCUT2D eigenvalue weighted by Gasteiger charge is -2.14. The molecule has 1 unspecified atom stereocenters. The minimum absolute atomic E-state index is 0.00313. The van der Waals surface area contributed by atoms with Gasteiger partial charge in [-0.1, -0.05) is 18.5 Å². The second-order valence-corrected chi connectivity index (χ2v) is 3.84. The number of nitrogens with one attached hydrogen (secondary N) is 1. The van der Waals surface area contributed by atoms with Gasteiger partial charge in [-0.15, -0.1) is 0 Å². The summed E-state index contributed by atoms with van der Waals surface area (Å²) in [5.74, 6) is -0.278. The zero-order valence-electron chi connectivity index (χ0n) is 8.63. The van der Waals surface area contributed by atoms with Crippen molar-refractivity contribution in [1.82, 2.24) is 5.32 Å². The van der Waals surface area contributed by atoms with Crippen molar-refractivity contribution in [3.63, 3.8) is 0 Å². The second kappa shape index (κ2) is 6.05. The molecule has 84 valence electrons. The van der Waals surface area contributed by atoms with E-state index in [0.29, 0.717) is 17.1 Å². The first kappa shape index (κ1) is 12.4. The Morgan fingerprint density at radius 1 is 1.53 bits per heavy atom. The largest absolute Gasteiger partial charge is 0.395 e. The van der Waals surface area contributed by atoms with Gasteiger partial charge < -0.3 is 10.4 Å². The zero-order chi connectivity index (χ0) is 11.3. The van der Waals surface area contributed by atoms with Crippen LogP contribution < -0.4 is 5.32 Å². The molecule has 0 spiro atoms. The third-order valence-corrected chi connectivity index (χ3v) is 2.54. The van der Waals surface area contributed by atoms with E-state index in [9.17, 15) is 4.39 Å². The molecule has 1 aromatic carbocycles. The van der Waals surface area contributed by atoms with E-state index in [1.54, 1.807) is 6.07 Å². The fourth-order valence-electron chi connectivity index (χ4n) is 1.27. The molecule has 4 heteroatoms. The molecule has 0 bridgehead atoms. The highest BCUT2D eigenvalue weighted by Crippen LogP contribution is 2.14. The van der Waals surface area contributed by atoms with Crippen LogP contribution in [0, 0.1) is 5.82 Å². The first-order valence-electron chi connectivity index (χ1n) is 4.95. The molecule has 2 N–H and O–H groups in total. The number of hydrogen-bond acceptors (Lipinski definition) is 2. The topological polar surface area (TPSA) is 32.3 Å². The van der Waals surface area contributed by atoms with E-state index in [0.717, 1.165) is 6.42 Å². The van der Waals surface area contributed by atoms with Gasteiger partial charge >= 0.3 is 0 Å². The van der Waals surface area contributed by atoms with Crippen molar-refractivity contribution < 1.29 is 9.50 Å². The van der Waals surface area contributed by atoms with E-state index in [1.807, 2.05) is 6.92 Å². The predicted octanol–water partition coefficient (Wildman–Crippen LogP) is 2.34. The quantitative estimate of drug-likeness (QED) is 0.815. The summed E-state index contributed by atoms with van der Waals surface area (Å²) < 4.78 is 13.3. The Kier molecular flexibility index (Phi) is 5.02. The van der Waals surface area contributed by atoms with Crippen molar-refractivity contribution >= 4 is 11.6 Å². The first-order valence-corrected chi connectivity index (χ1v) is 5.33. The molecule has 0 heterocycles. The summed E-state index contributed by atoms with van der Waals surface area (Å²) in [6, 6.07) is 4.46. The smallest absolute Gasteiger partial charge is 0.127 e. The molecule has 0 saturated heterocycles. The van der Waals surface area contributed by atoms with E-state index in [2.05, 4.69) is 5.32 Å². The number of aliphatic hydroxyl groups is 1. The van der Waals surface area contributed by atoms with Crippen molar-refractivity contribution in [1.29, 1.82) is 0 Å². The van der Waals surface area contributed by atoms with Crippen LogP contribution in [0.2, 0.25) is 5.02 Å². The van der Waals surface area contributed by atoms with E-state index in [4.69, 9.17) is 16.7 Å². The molecule has 0 aliphatic heterocycles. The van der Waals surface area contributed by atoms with Gasteiger partial charge in [-0.25, -0.2) is 4.39 Å². The van der Waals surface area contributed by atoms with Gasteiger partial charge in [0.2, 0.25) is 0 Å². The Hall–Kier alpha value is -0.640. The van der Waals surface area contributed by atoms with Gasteiger partial charge in [0.15, 0.2) is 0 Å². The molecule has 1 atom stereocenters. The molecule has 15 heavy (non-hydrogen) atoms. The minimum Gasteiger partial charge on any atom is -0.395 e. The normalized spacial score (nSPS) is 12.8. The monoisotopic (exact) mass is 231 g/mol. The molecular formula is C11H15ClFNO. The Balaban J connectivity index is 2.60. The van der Waals surface area contributed by atoms with Crippen LogP contribution in [-0.4, -0.2) is 17.8 Å². The van der Waals surface area contributed by atoms with Gasteiger partial charge in [-0.2, -0.15) is 0 Å². The number of hydrogen-bond donors (Lipinski definition) is 2. The van der Waals surface area contributed by atoms with Gasteiger partial charge in [0.25, 0.3) is 0 Å². The maximum Gasteiger partial charge on any atom is 0.127 e. The van der Waals surface area contributed by atoms with Crippen LogP contribution in [0.1, 0.15) is 18.9 Å². The van der Waals surface area contributed by atoms with E-state index in [1.165, 1.54) is 12.1 Å². The molecule has 0 aliphatic carbocycles. The van der Waals surface area contributed by atoms with E-state index in [-0.39, 0.29) is 18.5 Å². The Morgan fingerprint density at radius 2 is 2.27 bits per heavy atom. The molecule has 0 aliphatic rings. The van der Waals surface area contributed by atoms with E-state index >= 15 is 0 Å². The van der Waals surface area contributed by atoms with Crippen molar-refractivity contribution in [3.8, 4) is 0 Å². The van der Waals surface area contributed by atoms with Crippen LogP contribution in [0.3, 0.4) is 0 Å². The molecular weight excluding hydrogens is 217 g/mol. The van der Waals surface area contributed by atoms with Crippen LogP contribution in [0.4, 0.5) is 4.39 Å². The molecule has 1 rings (SSSR count). The number of benzene rings is 1. The SMILES string of the molecule is CCC(CO)NCc1cc(Cl)ccc1F. The maximum atomic E-state index is 13.3. The average molecular weight is 232 g/mol. The summed E-state index contributed by atoms with van der Waals surface area (Å²) >= 11 is 5.76. The third kappa shape index (κ3) is 3.78. The number of aliphatic hydroxyl groups excluding tert-OH is 1. The highest BCUT2D eigenvalue weighted by atomic mass is 35.5. The third-order valence-electron chi connectivity index (χ3n) is 2.30. The standard InChI is InChI=1S/C11H15ClFNO/c1-2-10(7-15)14-6-8-5-9(12)3-4-11(8)13/h3-5,10,14-15H,2,6-7H2,1H3. The summed E-state index contributed by atoms with van der Waals surface area (Å²) in [6.45, 7) is 2.40. The van der Waals surface area contributed by atoms with Crippen molar-refractivity contribution in [2.24, 2.45) is 0 Å². The molecule has 0 aromatic heterocycles. The van der Waals surface area contributed by atoms with E-state index < -0.39 is 0 Å². The fraction of sp³-hybridized carbons (Fsp3) is 0.455. The lowest BCUT2D eigenvalue weighted by Crippen LogP contribution is -2.31. The molecule has 2 nitrogen and oxygen atoms in total. The van der Waals surface area contributed by atoms with Crippen LogP contribution in [0.15, 0.2) is 18.2 Å². The predicted molar refractivity (Wildman–Crippen MR) is 59.4 cm³/mol. The van der Waals surface area contributed by atoms with Crippen LogP contribution in [-0.2, 0) is 6.54 Å². The Bertz CT molecular complexity index is 315. The minimum atomic E-state index is -0.278. The summed E-state index contributed by atoms with van der Waals surface area (Å²) in [4.78, 5) is 0. The number of halogens is 2. The summed E-state index contributed by atoms with van der Waals surface area (Å²) in [6.07, 6.45) is 0.804. The molecule has 0 radical (unpaired) electrons. The highest BCUT2D eigenvalue weighted by Gasteiger charge is 2.06. The molecule has 0 amide bonds. The second-order valence-electron chi connectivity index (χ2n) is 3.40. The van der Waals surface area contributed by atoms with Gasteiger partial charge in [-0.05, 0) is 24.6 Å². The highest BCUT2D eigenvalue weighted by molar-refractivity contribution is 6.30. The fourth-order valence-corrected chi connectivity index (χ4v) is 1.47. The molecule has 0 saturated carbocycles. The lowest BCUT2D eigenvalue weighted by molar-refractivity contribution is 0.238. The summed E-state index contributed by atoms with van der Waals surface area (Å²) in [5.41, 5.74) is 0.523. The van der Waals surface area contributed by atoms with Gasteiger partial charge in [0, 0.05) is 23.2 Å². The van der Waals surface area contributed by atoms with Gasteiger partial charge in [0.05, 0.1) is 6.61 Å². The van der Waals surface area contributed by atoms with Crippen molar-refractivity contribution in [3.05, 3.63) is 34.6 Å². The lowest BCUT2D eigenvalue weighted by atomic mass is 10.2. The molecule has 0 fully saturated rings. The van der Waals surface area contributed by atoms with Crippen molar-refractivity contribution in [2.45, 2.75) is 25.9 Å². The van der Waals surface area contributed by atoms with Crippen LogP contribution in [0.25, 0.3) is 0 Å². The summed E-state index contributed by atoms with van der Waals surface area (Å²) in [5, 5.41) is 12.5. The summed E-state index contributed by atoms with van der Waals surface area (Å²) in [7, 11) is 0. The average Bonchev–Trinajstić information content (AvgIpc) is 2.24. The Morgan fingerprint density at radius 3 is 2.87 bits per heavy atom. The molecule has 1 aromatic rings. The van der Waals surface area contributed by atoms with Gasteiger partial charge in [-0.3, -0.25) is 0 Å².